The molecule has 0 unspecified atom stereocenters. The Morgan fingerprint density at radius 3 is 2.23 bits per heavy atom. The van der Waals surface area contributed by atoms with Crippen molar-refractivity contribution in [2.45, 2.75) is 56.8 Å². The second-order valence-corrected chi connectivity index (χ2v) is 7.78. The molecule has 0 aliphatic carbocycles. The predicted octanol–water partition coefficient (Wildman–Crippen LogP) is 5.33. The minimum Gasteiger partial charge on any atom is -0.508 e. The summed E-state index contributed by atoms with van der Waals surface area (Å²) in [5.41, 5.74) is 0.997. The van der Waals surface area contributed by atoms with Crippen LogP contribution in [-0.2, 0) is 16.5 Å². The first-order chi connectivity index (χ1) is 12.4. The van der Waals surface area contributed by atoms with Crippen LogP contribution in [0.25, 0.3) is 0 Å². The van der Waals surface area contributed by atoms with E-state index in [4.69, 9.17) is 9.29 Å². The van der Waals surface area contributed by atoms with Gasteiger partial charge >= 0.3 is 0 Å². The minimum absolute atomic E-state index is 0.112. The molecular weight excluding hydrogens is 352 g/mol. The Bertz CT molecular complexity index is 797. The van der Waals surface area contributed by atoms with Gasteiger partial charge in [0.2, 0.25) is 0 Å². The molecule has 0 saturated carbocycles. The smallest absolute Gasteiger partial charge is 0.294 e. The van der Waals surface area contributed by atoms with Gasteiger partial charge in [0, 0.05) is 6.07 Å². The molecule has 0 saturated heterocycles. The molecule has 0 amide bonds. The molecule has 0 heterocycles. The number of unbranched alkanes of at least 4 members (excludes halogenated alkanes) is 5. The van der Waals surface area contributed by atoms with Crippen LogP contribution in [0.2, 0.25) is 0 Å². The van der Waals surface area contributed by atoms with E-state index < -0.39 is 10.1 Å². The summed E-state index contributed by atoms with van der Waals surface area (Å²) in [7, 11) is -4.22. The molecule has 142 valence electrons. The summed E-state index contributed by atoms with van der Waals surface area (Å²) in [4.78, 5) is -0.187. The molecule has 0 spiro atoms. The van der Waals surface area contributed by atoms with Crippen LogP contribution in [0.15, 0.2) is 47.4 Å². The summed E-state index contributed by atoms with van der Waals surface area (Å²) in [6.45, 7) is 2.20. The van der Waals surface area contributed by atoms with E-state index in [1.807, 2.05) is 6.07 Å². The average molecular weight is 378 g/mol. The third-order valence-electron chi connectivity index (χ3n) is 4.20. The first kappa shape index (κ1) is 20.3. The molecule has 0 bridgehead atoms. The van der Waals surface area contributed by atoms with E-state index in [9.17, 15) is 13.5 Å². The van der Waals surface area contributed by atoms with Gasteiger partial charge in [-0.05, 0) is 48.7 Å². The van der Waals surface area contributed by atoms with E-state index in [2.05, 4.69) is 6.92 Å². The standard InChI is InChI=1S/C20H26O5S/c1-2-3-4-5-6-7-8-16-9-10-17(21)15-20(16)25-18-11-13-19(14-12-18)26(22,23)24/h9-15,21H,2-8H2,1H3,(H,22,23,24). The highest BCUT2D eigenvalue weighted by Crippen LogP contribution is 2.30. The maximum atomic E-state index is 11.1. The maximum Gasteiger partial charge on any atom is 0.294 e. The number of ether oxygens (including phenoxy) is 1. The highest BCUT2D eigenvalue weighted by molar-refractivity contribution is 7.85. The van der Waals surface area contributed by atoms with Crippen molar-refractivity contribution in [3.63, 3.8) is 0 Å². The third kappa shape index (κ3) is 6.35. The number of rotatable bonds is 10. The molecule has 5 nitrogen and oxygen atoms in total. The monoisotopic (exact) mass is 378 g/mol. The van der Waals surface area contributed by atoms with Gasteiger partial charge < -0.3 is 9.84 Å². The molecule has 2 aromatic carbocycles. The van der Waals surface area contributed by atoms with Gasteiger partial charge in [0.05, 0.1) is 4.90 Å². The number of hydrogen-bond donors (Lipinski definition) is 2. The number of hydrogen-bond acceptors (Lipinski definition) is 4. The van der Waals surface area contributed by atoms with Gasteiger partial charge in [-0.1, -0.05) is 45.1 Å². The fourth-order valence-electron chi connectivity index (χ4n) is 2.75. The number of aryl methyl sites for hydroxylation is 1. The Hall–Kier alpha value is -2.05. The number of aromatic hydroxyl groups is 1. The molecule has 2 rings (SSSR count). The summed E-state index contributed by atoms with van der Waals surface area (Å²) in [6.07, 6.45) is 8.04. The summed E-state index contributed by atoms with van der Waals surface area (Å²) >= 11 is 0. The molecule has 26 heavy (non-hydrogen) atoms. The van der Waals surface area contributed by atoms with Crippen LogP contribution in [0.1, 0.15) is 51.0 Å². The fourth-order valence-corrected chi connectivity index (χ4v) is 3.23. The first-order valence-corrected chi connectivity index (χ1v) is 10.4. The molecule has 2 N–H and O–H groups in total. The van der Waals surface area contributed by atoms with Crippen LogP contribution in [0.5, 0.6) is 17.2 Å². The van der Waals surface area contributed by atoms with Crippen molar-refractivity contribution in [2.24, 2.45) is 0 Å². The predicted molar refractivity (Wildman–Crippen MR) is 102 cm³/mol. The lowest BCUT2D eigenvalue weighted by Gasteiger charge is -2.12. The molecule has 0 aromatic heterocycles. The highest BCUT2D eigenvalue weighted by atomic mass is 32.2. The number of phenols is 1. The lowest BCUT2D eigenvalue weighted by Crippen LogP contribution is -1.98. The summed E-state index contributed by atoms with van der Waals surface area (Å²) in [6, 6.07) is 10.6. The molecule has 2 aromatic rings. The normalized spacial score (nSPS) is 11.5. The van der Waals surface area contributed by atoms with E-state index in [1.165, 1.54) is 49.9 Å². The summed E-state index contributed by atoms with van der Waals surface area (Å²) in [5, 5.41) is 9.74. The van der Waals surface area contributed by atoms with Gasteiger partial charge in [-0.25, -0.2) is 0 Å². The molecular formula is C20H26O5S. The second-order valence-electron chi connectivity index (χ2n) is 6.36. The molecule has 0 aliphatic heterocycles. The van der Waals surface area contributed by atoms with Crippen LogP contribution in [0.4, 0.5) is 0 Å². The second kappa shape index (κ2) is 9.59. The van der Waals surface area contributed by atoms with E-state index in [-0.39, 0.29) is 10.6 Å². The lowest BCUT2D eigenvalue weighted by molar-refractivity contribution is 0.450. The zero-order valence-electron chi connectivity index (χ0n) is 15.0. The Balaban J connectivity index is 2.02. The van der Waals surface area contributed by atoms with Crippen molar-refractivity contribution in [1.82, 2.24) is 0 Å². The van der Waals surface area contributed by atoms with Gasteiger partial charge in [0.1, 0.15) is 17.2 Å². The first-order valence-electron chi connectivity index (χ1n) is 8.97. The van der Waals surface area contributed by atoms with E-state index >= 15 is 0 Å². The largest absolute Gasteiger partial charge is 0.508 e. The van der Waals surface area contributed by atoms with Crippen molar-refractivity contribution < 1.29 is 22.8 Å². The number of benzene rings is 2. The Labute approximate surface area is 155 Å². The van der Waals surface area contributed by atoms with E-state index in [1.54, 1.807) is 12.1 Å². The number of phenolic OH excluding ortho intramolecular Hbond substituents is 1. The third-order valence-corrected chi connectivity index (χ3v) is 5.07. The van der Waals surface area contributed by atoms with Gasteiger partial charge in [0.25, 0.3) is 10.1 Å². The molecule has 6 heteroatoms. The molecule has 0 aliphatic rings. The summed E-state index contributed by atoms with van der Waals surface area (Å²) in [5.74, 6) is 1.10. The zero-order chi connectivity index (χ0) is 19.0. The minimum atomic E-state index is -4.22. The van der Waals surface area contributed by atoms with Crippen molar-refractivity contribution in [2.75, 3.05) is 0 Å². The quantitative estimate of drug-likeness (QED) is 0.431. The van der Waals surface area contributed by atoms with Crippen LogP contribution >= 0.6 is 0 Å². The van der Waals surface area contributed by atoms with Crippen LogP contribution in [0, 0.1) is 0 Å². The molecule has 0 atom stereocenters. The van der Waals surface area contributed by atoms with Gasteiger partial charge in [-0.3, -0.25) is 4.55 Å². The fraction of sp³-hybridized carbons (Fsp3) is 0.400. The van der Waals surface area contributed by atoms with Crippen molar-refractivity contribution in [3.05, 3.63) is 48.0 Å². The van der Waals surface area contributed by atoms with Crippen LogP contribution in [-0.4, -0.2) is 18.1 Å². The van der Waals surface area contributed by atoms with Gasteiger partial charge in [0.15, 0.2) is 0 Å². The Kier molecular flexibility index (Phi) is 7.48. The van der Waals surface area contributed by atoms with Crippen LogP contribution in [0.3, 0.4) is 0 Å². The van der Waals surface area contributed by atoms with Crippen molar-refractivity contribution in [3.8, 4) is 17.2 Å². The maximum absolute atomic E-state index is 11.1. The lowest BCUT2D eigenvalue weighted by atomic mass is 10.0. The molecule has 0 fully saturated rings. The average Bonchev–Trinajstić information content (AvgIpc) is 2.59. The van der Waals surface area contributed by atoms with Crippen LogP contribution < -0.4 is 4.74 Å². The topological polar surface area (TPSA) is 83.8 Å². The molecule has 0 radical (unpaired) electrons. The van der Waals surface area contributed by atoms with E-state index in [0.29, 0.717) is 11.5 Å². The van der Waals surface area contributed by atoms with E-state index in [0.717, 1.165) is 24.8 Å². The Morgan fingerprint density at radius 1 is 0.923 bits per heavy atom. The SMILES string of the molecule is CCCCCCCCc1ccc(O)cc1Oc1ccc(S(=O)(=O)O)cc1. The van der Waals surface area contributed by atoms with Crippen molar-refractivity contribution >= 4 is 10.1 Å². The zero-order valence-corrected chi connectivity index (χ0v) is 15.8. The Morgan fingerprint density at radius 2 is 1.58 bits per heavy atom. The highest BCUT2D eigenvalue weighted by Gasteiger charge is 2.11. The van der Waals surface area contributed by atoms with Gasteiger partial charge in [-0.2, -0.15) is 8.42 Å². The van der Waals surface area contributed by atoms with Crippen molar-refractivity contribution in [1.29, 1.82) is 0 Å². The van der Waals surface area contributed by atoms with Gasteiger partial charge in [-0.15, -0.1) is 0 Å². The summed E-state index contributed by atoms with van der Waals surface area (Å²) < 4.78 is 37.0.